The number of benzene rings is 2. The van der Waals surface area contributed by atoms with E-state index in [1.807, 2.05) is 0 Å². The van der Waals surface area contributed by atoms with Crippen LogP contribution in [0.5, 0.6) is 11.5 Å². The lowest BCUT2D eigenvalue weighted by Crippen LogP contribution is -2.23. The third kappa shape index (κ3) is 5.23. The summed E-state index contributed by atoms with van der Waals surface area (Å²) in [6.45, 7) is 0.375. The Kier molecular flexibility index (Phi) is 6.11. The second-order valence-electron chi connectivity index (χ2n) is 6.26. The maximum atomic E-state index is 12.0. The van der Waals surface area contributed by atoms with E-state index in [1.165, 1.54) is 0 Å². The van der Waals surface area contributed by atoms with Gasteiger partial charge in [-0.05, 0) is 55.0 Å². The molecule has 1 heterocycles. The van der Waals surface area contributed by atoms with E-state index in [4.69, 9.17) is 15.2 Å². The predicted molar refractivity (Wildman–Crippen MR) is 103 cm³/mol. The Bertz CT molecular complexity index is 849. The maximum absolute atomic E-state index is 12.0. The van der Waals surface area contributed by atoms with Crippen LogP contribution in [0.2, 0.25) is 0 Å². The molecule has 0 aliphatic carbocycles. The molecule has 0 atom stereocenters. The first kappa shape index (κ1) is 19.2. The number of amides is 3. The van der Waals surface area contributed by atoms with Gasteiger partial charge < -0.3 is 25.4 Å². The third-order valence-corrected chi connectivity index (χ3v) is 4.11. The van der Waals surface area contributed by atoms with Gasteiger partial charge in [-0.3, -0.25) is 14.4 Å². The van der Waals surface area contributed by atoms with Crippen molar-refractivity contribution in [3.63, 3.8) is 0 Å². The van der Waals surface area contributed by atoms with E-state index in [0.29, 0.717) is 23.6 Å². The molecule has 0 radical (unpaired) electrons. The van der Waals surface area contributed by atoms with Crippen molar-refractivity contribution < 1.29 is 23.9 Å². The van der Waals surface area contributed by atoms with Gasteiger partial charge in [0.05, 0.1) is 0 Å². The smallest absolute Gasteiger partial charge is 0.262 e. The summed E-state index contributed by atoms with van der Waals surface area (Å²) in [5, 5.41) is 2.70. The first-order valence-electron chi connectivity index (χ1n) is 8.85. The van der Waals surface area contributed by atoms with Gasteiger partial charge in [0.25, 0.3) is 11.8 Å². The van der Waals surface area contributed by atoms with E-state index in [0.717, 1.165) is 18.7 Å². The molecule has 8 heteroatoms. The summed E-state index contributed by atoms with van der Waals surface area (Å²) in [6, 6.07) is 13.6. The van der Waals surface area contributed by atoms with Crippen LogP contribution in [0.3, 0.4) is 0 Å². The monoisotopic (exact) mass is 383 g/mol. The molecular weight excluding hydrogens is 362 g/mol. The van der Waals surface area contributed by atoms with Gasteiger partial charge in [-0.1, -0.05) is 0 Å². The Labute approximate surface area is 162 Å². The molecule has 0 saturated carbocycles. The molecule has 146 valence electrons. The van der Waals surface area contributed by atoms with Crippen LogP contribution in [0, 0.1) is 0 Å². The highest BCUT2D eigenvalue weighted by Crippen LogP contribution is 2.24. The van der Waals surface area contributed by atoms with Crippen molar-refractivity contribution in [3.8, 4) is 11.5 Å². The van der Waals surface area contributed by atoms with Crippen LogP contribution in [0.25, 0.3) is 0 Å². The van der Waals surface area contributed by atoms with Gasteiger partial charge in [0.2, 0.25) is 5.91 Å². The molecule has 0 bridgehead atoms. The van der Waals surface area contributed by atoms with E-state index in [-0.39, 0.29) is 25.0 Å². The van der Waals surface area contributed by atoms with Gasteiger partial charge in [-0.15, -0.1) is 0 Å². The molecule has 0 spiro atoms. The quantitative estimate of drug-likeness (QED) is 0.721. The zero-order valence-corrected chi connectivity index (χ0v) is 15.2. The second-order valence-corrected chi connectivity index (χ2v) is 6.26. The second kappa shape index (κ2) is 8.90. The molecule has 2 aromatic rings. The topological polar surface area (TPSA) is 111 Å². The first-order chi connectivity index (χ1) is 13.5. The van der Waals surface area contributed by atoms with Crippen molar-refractivity contribution in [2.75, 3.05) is 30.0 Å². The lowest BCUT2D eigenvalue weighted by Gasteiger charge is -2.16. The van der Waals surface area contributed by atoms with Crippen molar-refractivity contribution in [1.29, 1.82) is 0 Å². The minimum absolute atomic E-state index is 0.124. The number of carbonyl (C=O) groups is 3. The van der Waals surface area contributed by atoms with Crippen LogP contribution < -0.4 is 25.4 Å². The van der Waals surface area contributed by atoms with E-state index >= 15 is 0 Å². The Morgan fingerprint density at radius 1 is 0.964 bits per heavy atom. The average molecular weight is 383 g/mol. The molecule has 28 heavy (non-hydrogen) atoms. The summed E-state index contributed by atoms with van der Waals surface area (Å²) >= 11 is 0. The van der Waals surface area contributed by atoms with Crippen molar-refractivity contribution in [2.24, 2.45) is 5.73 Å². The molecular formula is C20H21N3O5. The van der Waals surface area contributed by atoms with Gasteiger partial charge >= 0.3 is 0 Å². The number of ether oxygens (including phenoxy) is 2. The molecule has 1 aliphatic rings. The number of anilines is 2. The SMILES string of the molecule is NC(=O)COc1ccc(NC(=O)COc2ccc(N3CCCC3=O)cc2)cc1. The number of carbonyl (C=O) groups excluding carboxylic acids is 3. The lowest BCUT2D eigenvalue weighted by molar-refractivity contribution is -0.120. The highest BCUT2D eigenvalue weighted by Gasteiger charge is 2.21. The fourth-order valence-corrected chi connectivity index (χ4v) is 2.78. The summed E-state index contributed by atoms with van der Waals surface area (Å²) in [7, 11) is 0. The van der Waals surface area contributed by atoms with Gasteiger partial charge in [-0.25, -0.2) is 0 Å². The molecule has 3 rings (SSSR count). The minimum Gasteiger partial charge on any atom is -0.484 e. The van der Waals surface area contributed by atoms with Crippen LogP contribution in [0.4, 0.5) is 11.4 Å². The van der Waals surface area contributed by atoms with E-state index in [2.05, 4.69) is 5.32 Å². The number of nitrogens with one attached hydrogen (secondary N) is 1. The Morgan fingerprint density at radius 3 is 2.14 bits per heavy atom. The highest BCUT2D eigenvalue weighted by atomic mass is 16.5. The number of rotatable bonds is 8. The zero-order chi connectivity index (χ0) is 19.9. The fourth-order valence-electron chi connectivity index (χ4n) is 2.78. The molecule has 3 N–H and O–H groups in total. The Hall–Kier alpha value is -3.55. The number of primary amides is 1. The maximum Gasteiger partial charge on any atom is 0.262 e. The summed E-state index contributed by atoms with van der Waals surface area (Å²) in [4.78, 5) is 36.2. The molecule has 2 aromatic carbocycles. The first-order valence-corrected chi connectivity index (χ1v) is 8.85. The number of nitrogens with zero attached hydrogens (tertiary/aromatic N) is 1. The minimum atomic E-state index is -0.561. The molecule has 1 aliphatic heterocycles. The lowest BCUT2D eigenvalue weighted by atomic mass is 10.3. The van der Waals surface area contributed by atoms with Crippen LogP contribution in [-0.4, -0.2) is 37.5 Å². The van der Waals surface area contributed by atoms with Gasteiger partial charge in [0.1, 0.15) is 11.5 Å². The number of hydrogen-bond acceptors (Lipinski definition) is 5. The highest BCUT2D eigenvalue weighted by molar-refractivity contribution is 5.95. The molecule has 3 amide bonds. The Morgan fingerprint density at radius 2 is 1.57 bits per heavy atom. The van der Waals surface area contributed by atoms with E-state index < -0.39 is 5.91 Å². The standard InChI is InChI=1S/C20H21N3O5/c21-18(24)12-27-16-7-3-14(4-8-16)22-19(25)13-28-17-9-5-15(6-10-17)23-11-1-2-20(23)26/h3-10H,1-2,11-13H2,(H2,21,24)(H,22,25). The molecule has 1 fully saturated rings. The number of hydrogen-bond donors (Lipinski definition) is 2. The summed E-state index contributed by atoms with van der Waals surface area (Å²) in [5.74, 6) is 0.267. The molecule has 1 saturated heterocycles. The number of nitrogens with two attached hydrogens (primary N) is 1. The van der Waals surface area contributed by atoms with Crippen molar-refractivity contribution >= 4 is 29.1 Å². The molecule has 8 nitrogen and oxygen atoms in total. The summed E-state index contributed by atoms with van der Waals surface area (Å²) in [5.41, 5.74) is 6.41. The van der Waals surface area contributed by atoms with Gasteiger partial charge in [0, 0.05) is 24.3 Å². The van der Waals surface area contributed by atoms with E-state index in [9.17, 15) is 14.4 Å². The van der Waals surface area contributed by atoms with Gasteiger partial charge in [-0.2, -0.15) is 0 Å². The summed E-state index contributed by atoms with van der Waals surface area (Å²) in [6.07, 6.45) is 1.45. The van der Waals surface area contributed by atoms with Crippen molar-refractivity contribution in [1.82, 2.24) is 0 Å². The summed E-state index contributed by atoms with van der Waals surface area (Å²) < 4.78 is 10.6. The van der Waals surface area contributed by atoms with Gasteiger partial charge in [0.15, 0.2) is 13.2 Å². The predicted octanol–water partition coefficient (Wildman–Crippen LogP) is 1.69. The van der Waals surface area contributed by atoms with E-state index in [1.54, 1.807) is 53.4 Å². The van der Waals surface area contributed by atoms with Crippen LogP contribution in [-0.2, 0) is 14.4 Å². The normalized spacial score (nSPS) is 13.3. The van der Waals surface area contributed by atoms with Crippen LogP contribution >= 0.6 is 0 Å². The molecule has 0 unspecified atom stereocenters. The largest absolute Gasteiger partial charge is 0.484 e. The van der Waals surface area contributed by atoms with Crippen molar-refractivity contribution in [2.45, 2.75) is 12.8 Å². The van der Waals surface area contributed by atoms with Crippen LogP contribution in [0.15, 0.2) is 48.5 Å². The van der Waals surface area contributed by atoms with Crippen LogP contribution in [0.1, 0.15) is 12.8 Å². The van der Waals surface area contributed by atoms with Crippen molar-refractivity contribution in [3.05, 3.63) is 48.5 Å². The molecule has 0 aromatic heterocycles. The third-order valence-electron chi connectivity index (χ3n) is 4.11. The Balaban J connectivity index is 1.46. The fraction of sp³-hybridized carbons (Fsp3) is 0.250. The zero-order valence-electron chi connectivity index (χ0n) is 15.2. The average Bonchev–Trinajstić information content (AvgIpc) is 3.12.